The maximum Gasteiger partial charge on any atom is 0.0954 e. The van der Waals surface area contributed by atoms with Crippen molar-refractivity contribution in [1.82, 2.24) is 10.3 Å². The van der Waals surface area contributed by atoms with Crippen LogP contribution in [0, 0.1) is 0 Å². The zero-order chi connectivity index (χ0) is 13.2. The quantitative estimate of drug-likeness (QED) is 0.796. The minimum atomic E-state index is 0.0118. The van der Waals surface area contributed by atoms with Crippen molar-refractivity contribution < 1.29 is 4.42 Å². The van der Waals surface area contributed by atoms with Crippen LogP contribution >= 0.6 is 15.9 Å². The summed E-state index contributed by atoms with van der Waals surface area (Å²) >= 11 is 3.61. The van der Waals surface area contributed by atoms with Crippen molar-refractivity contribution in [3.05, 3.63) is 64.7 Å². The normalized spacial score (nSPS) is 12.7. The molecular weight excluding hydrogens is 304 g/mol. The maximum absolute atomic E-state index is 5.16. The monoisotopic (exact) mass is 316 g/mol. The first-order valence-electron chi connectivity index (χ1n) is 6.04. The summed E-state index contributed by atoms with van der Waals surface area (Å²) in [6.45, 7) is 0. The Bertz CT molecular complexity index is 694. The van der Waals surface area contributed by atoms with Crippen LogP contribution in [-0.4, -0.2) is 12.0 Å². The number of rotatable bonds is 3. The molecule has 1 N–H and O–H groups in total. The number of nitrogens with one attached hydrogen (secondary N) is 1. The van der Waals surface area contributed by atoms with E-state index >= 15 is 0 Å². The number of hydrogen-bond acceptors (Lipinski definition) is 3. The third kappa shape index (κ3) is 2.29. The molecule has 3 aromatic rings. The molecule has 1 atom stereocenters. The van der Waals surface area contributed by atoms with E-state index < -0.39 is 0 Å². The molecule has 3 rings (SSSR count). The highest BCUT2D eigenvalue weighted by Crippen LogP contribution is 2.29. The Labute approximate surface area is 119 Å². The van der Waals surface area contributed by atoms with Crippen LogP contribution in [0.5, 0.6) is 0 Å². The van der Waals surface area contributed by atoms with Crippen molar-refractivity contribution in [3.8, 4) is 0 Å². The van der Waals surface area contributed by atoms with Gasteiger partial charge in [-0.15, -0.1) is 0 Å². The number of aromatic nitrogens is 1. The van der Waals surface area contributed by atoms with Gasteiger partial charge in [-0.2, -0.15) is 0 Å². The Morgan fingerprint density at radius 1 is 1.26 bits per heavy atom. The molecule has 0 aliphatic carbocycles. The molecule has 0 spiro atoms. The largest absolute Gasteiger partial charge is 0.472 e. The fourth-order valence-corrected chi connectivity index (χ4v) is 2.77. The number of hydrogen-bond donors (Lipinski definition) is 1. The Morgan fingerprint density at radius 2 is 2.11 bits per heavy atom. The van der Waals surface area contributed by atoms with Crippen molar-refractivity contribution in [2.75, 3.05) is 7.05 Å². The first-order valence-corrected chi connectivity index (χ1v) is 6.83. The third-order valence-electron chi connectivity index (χ3n) is 3.14. The lowest BCUT2D eigenvalue weighted by Gasteiger charge is -2.16. The van der Waals surface area contributed by atoms with E-state index in [9.17, 15) is 0 Å². The highest BCUT2D eigenvalue weighted by atomic mass is 79.9. The Balaban J connectivity index is 2.15. The molecule has 1 unspecified atom stereocenters. The van der Waals surface area contributed by atoms with Crippen LogP contribution in [0.4, 0.5) is 0 Å². The predicted octanol–water partition coefficient (Wildman–Crippen LogP) is 3.90. The fourth-order valence-electron chi connectivity index (χ4n) is 2.21. The van der Waals surface area contributed by atoms with Gasteiger partial charge in [0.15, 0.2) is 0 Å². The first-order chi connectivity index (χ1) is 9.29. The van der Waals surface area contributed by atoms with E-state index in [1.807, 2.05) is 31.3 Å². The van der Waals surface area contributed by atoms with E-state index in [0.29, 0.717) is 0 Å². The van der Waals surface area contributed by atoms with Crippen LogP contribution in [0.25, 0.3) is 10.9 Å². The molecule has 0 saturated heterocycles. The van der Waals surface area contributed by atoms with E-state index in [-0.39, 0.29) is 6.04 Å². The van der Waals surface area contributed by atoms with E-state index in [0.717, 1.165) is 26.6 Å². The molecule has 0 amide bonds. The standard InChI is InChI=1S/C15H13BrN2O/c1-17-14(11-6-7-19-9-11)15-12(16)8-10-4-2-3-5-13(10)18-15/h2-9,14,17H,1H3. The van der Waals surface area contributed by atoms with Crippen LogP contribution in [0.2, 0.25) is 0 Å². The number of halogens is 1. The van der Waals surface area contributed by atoms with Gasteiger partial charge in [-0.3, -0.25) is 0 Å². The average molecular weight is 317 g/mol. The Kier molecular flexibility index (Phi) is 3.36. The topological polar surface area (TPSA) is 38.1 Å². The smallest absolute Gasteiger partial charge is 0.0954 e. The van der Waals surface area contributed by atoms with Crippen molar-refractivity contribution in [1.29, 1.82) is 0 Å². The number of nitrogens with zero attached hydrogens (tertiary/aromatic N) is 1. The summed E-state index contributed by atoms with van der Waals surface area (Å²) in [6, 6.07) is 12.2. The number of fused-ring (bicyclic) bond motifs is 1. The van der Waals surface area contributed by atoms with Crippen LogP contribution < -0.4 is 5.32 Å². The van der Waals surface area contributed by atoms with E-state index in [2.05, 4.69) is 33.4 Å². The number of para-hydroxylation sites is 1. The lowest BCUT2D eigenvalue weighted by Crippen LogP contribution is -2.19. The lowest BCUT2D eigenvalue weighted by molar-refractivity contribution is 0.556. The van der Waals surface area contributed by atoms with Gasteiger partial charge in [0.05, 0.1) is 29.8 Å². The number of pyridine rings is 1. The molecule has 1 aromatic carbocycles. The van der Waals surface area contributed by atoms with Crippen LogP contribution in [0.1, 0.15) is 17.3 Å². The van der Waals surface area contributed by atoms with Gasteiger partial charge < -0.3 is 9.73 Å². The summed E-state index contributed by atoms with van der Waals surface area (Å²) in [6.07, 6.45) is 3.42. The third-order valence-corrected chi connectivity index (χ3v) is 3.78. The van der Waals surface area contributed by atoms with E-state index in [1.165, 1.54) is 0 Å². The van der Waals surface area contributed by atoms with Gasteiger partial charge in [-0.1, -0.05) is 18.2 Å². The van der Waals surface area contributed by atoms with Gasteiger partial charge >= 0.3 is 0 Å². The Morgan fingerprint density at radius 3 is 2.84 bits per heavy atom. The fraction of sp³-hybridized carbons (Fsp3) is 0.133. The Hall–Kier alpha value is -1.65. The molecule has 2 heterocycles. The minimum absolute atomic E-state index is 0.0118. The number of benzene rings is 1. The molecule has 3 nitrogen and oxygen atoms in total. The SMILES string of the molecule is CNC(c1ccoc1)c1nc2ccccc2cc1Br. The van der Waals surface area contributed by atoms with Crippen LogP contribution in [0.3, 0.4) is 0 Å². The molecule has 0 aliphatic rings. The molecule has 4 heteroatoms. The summed E-state index contributed by atoms with van der Waals surface area (Å²) < 4.78 is 6.16. The summed E-state index contributed by atoms with van der Waals surface area (Å²) in [5.74, 6) is 0. The van der Waals surface area contributed by atoms with Crippen molar-refractivity contribution in [2.45, 2.75) is 6.04 Å². The van der Waals surface area contributed by atoms with E-state index in [1.54, 1.807) is 12.5 Å². The first kappa shape index (κ1) is 12.4. The van der Waals surface area contributed by atoms with Gasteiger partial charge in [0.2, 0.25) is 0 Å². The zero-order valence-corrected chi connectivity index (χ0v) is 12.0. The molecule has 19 heavy (non-hydrogen) atoms. The highest BCUT2D eigenvalue weighted by molar-refractivity contribution is 9.10. The van der Waals surface area contributed by atoms with Gasteiger partial charge in [-0.25, -0.2) is 4.98 Å². The molecule has 0 bridgehead atoms. The van der Waals surface area contributed by atoms with Gasteiger partial charge in [-0.05, 0) is 41.2 Å². The molecule has 96 valence electrons. The molecular formula is C15H13BrN2O. The van der Waals surface area contributed by atoms with Crippen molar-refractivity contribution >= 4 is 26.8 Å². The second-order valence-electron chi connectivity index (χ2n) is 4.33. The predicted molar refractivity (Wildman–Crippen MR) is 79.1 cm³/mol. The van der Waals surface area contributed by atoms with Crippen LogP contribution in [-0.2, 0) is 0 Å². The highest BCUT2D eigenvalue weighted by Gasteiger charge is 2.18. The number of furan rings is 1. The second kappa shape index (κ2) is 5.15. The molecule has 0 radical (unpaired) electrons. The van der Waals surface area contributed by atoms with Gasteiger partial charge in [0.1, 0.15) is 0 Å². The summed E-state index contributed by atoms with van der Waals surface area (Å²) in [7, 11) is 1.92. The van der Waals surface area contributed by atoms with E-state index in [4.69, 9.17) is 9.40 Å². The van der Waals surface area contributed by atoms with Crippen molar-refractivity contribution in [2.24, 2.45) is 0 Å². The molecule has 0 saturated carbocycles. The van der Waals surface area contributed by atoms with Gasteiger partial charge in [0, 0.05) is 15.4 Å². The molecule has 0 fully saturated rings. The molecule has 0 aliphatic heterocycles. The lowest BCUT2D eigenvalue weighted by atomic mass is 10.1. The minimum Gasteiger partial charge on any atom is -0.472 e. The average Bonchev–Trinajstić information content (AvgIpc) is 2.94. The van der Waals surface area contributed by atoms with Crippen molar-refractivity contribution in [3.63, 3.8) is 0 Å². The zero-order valence-electron chi connectivity index (χ0n) is 10.4. The second-order valence-corrected chi connectivity index (χ2v) is 5.18. The summed E-state index contributed by atoms with van der Waals surface area (Å²) in [5.41, 5.74) is 3.01. The summed E-state index contributed by atoms with van der Waals surface area (Å²) in [4.78, 5) is 4.75. The van der Waals surface area contributed by atoms with Gasteiger partial charge in [0.25, 0.3) is 0 Å². The summed E-state index contributed by atoms with van der Waals surface area (Å²) in [5, 5.41) is 4.40. The molecule has 2 aromatic heterocycles. The maximum atomic E-state index is 5.16. The van der Waals surface area contributed by atoms with Crippen LogP contribution in [0.15, 0.2) is 57.8 Å².